The minimum Gasteiger partial charge on any atom is -0.126 e. The van der Waals surface area contributed by atoms with Crippen LogP contribution >= 0.6 is 11.8 Å². The van der Waals surface area contributed by atoms with Crippen molar-refractivity contribution in [2.45, 2.75) is 39.0 Å². The molecule has 0 aliphatic carbocycles. The van der Waals surface area contributed by atoms with Gasteiger partial charge in [0.25, 0.3) is 0 Å². The Labute approximate surface area is 98.5 Å². The van der Waals surface area contributed by atoms with Crippen molar-refractivity contribution in [3.8, 4) is 0 Å². The predicted octanol–water partition coefficient (Wildman–Crippen LogP) is 4.77. The van der Waals surface area contributed by atoms with E-state index in [1.165, 1.54) is 22.6 Å². The van der Waals surface area contributed by atoms with Crippen LogP contribution in [0.5, 0.6) is 0 Å². The normalized spacial score (nSPS) is 14.9. The van der Waals surface area contributed by atoms with Gasteiger partial charge < -0.3 is 0 Å². The van der Waals surface area contributed by atoms with E-state index in [2.05, 4.69) is 52.0 Å². The van der Waals surface area contributed by atoms with Crippen molar-refractivity contribution in [3.63, 3.8) is 0 Å². The molecule has 0 bridgehead atoms. The first kappa shape index (κ1) is 12.6. The van der Waals surface area contributed by atoms with Crippen molar-refractivity contribution in [2.24, 2.45) is 11.8 Å². The van der Waals surface area contributed by atoms with Gasteiger partial charge in [-0.2, -0.15) is 0 Å². The lowest BCUT2D eigenvalue weighted by Gasteiger charge is -2.18. The SMILES string of the molecule is CCC(C)C(C)CSc1ccccc1C. The van der Waals surface area contributed by atoms with E-state index in [9.17, 15) is 0 Å². The van der Waals surface area contributed by atoms with E-state index in [1.807, 2.05) is 11.8 Å². The molecule has 0 saturated carbocycles. The number of hydrogen-bond acceptors (Lipinski definition) is 1. The van der Waals surface area contributed by atoms with Crippen LogP contribution in [0.4, 0.5) is 0 Å². The Balaban J connectivity index is 2.47. The molecule has 0 amide bonds. The molecule has 0 aliphatic rings. The highest BCUT2D eigenvalue weighted by atomic mass is 32.2. The van der Waals surface area contributed by atoms with Crippen LogP contribution in [-0.2, 0) is 0 Å². The molecule has 0 heterocycles. The third kappa shape index (κ3) is 3.90. The largest absolute Gasteiger partial charge is 0.126 e. The molecule has 0 saturated heterocycles. The van der Waals surface area contributed by atoms with Crippen LogP contribution in [0.15, 0.2) is 29.2 Å². The van der Waals surface area contributed by atoms with Gasteiger partial charge in [0.15, 0.2) is 0 Å². The van der Waals surface area contributed by atoms with Crippen LogP contribution < -0.4 is 0 Å². The Bertz CT molecular complexity index is 293. The quantitative estimate of drug-likeness (QED) is 0.647. The summed E-state index contributed by atoms with van der Waals surface area (Å²) in [7, 11) is 0. The Kier molecular flexibility index (Phi) is 5.24. The van der Waals surface area contributed by atoms with Gasteiger partial charge in [-0.25, -0.2) is 0 Å². The molecule has 0 aromatic heterocycles. The Morgan fingerprint density at radius 2 is 1.80 bits per heavy atom. The van der Waals surface area contributed by atoms with Crippen LogP contribution in [0.3, 0.4) is 0 Å². The fourth-order valence-corrected chi connectivity index (χ4v) is 2.75. The zero-order valence-electron chi connectivity index (χ0n) is 10.3. The topological polar surface area (TPSA) is 0 Å². The molecule has 0 radical (unpaired) electrons. The number of rotatable bonds is 5. The molecule has 0 nitrogen and oxygen atoms in total. The van der Waals surface area contributed by atoms with Gasteiger partial charge >= 0.3 is 0 Å². The van der Waals surface area contributed by atoms with Gasteiger partial charge in [-0.05, 0) is 30.4 Å². The molecule has 1 heteroatoms. The number of hydrogen-bond donors (Lipinski definition) is 0. The van der Waals surface area contributed by atoms with Gasteiger partial charge in [0.05, 0.1) is 0 Å². The number of thioether (sulfide) groups is 1. The third-order valence-corrected chi connectivity index (χ3v) is 4.67. The van der Waals surface area contributed by atoms with Gasteiger partial charge in [-0.3, -0.25) is 0 Å². The average Bonchev–Trinajstić information content (AvgIpc) is 2.26. The molecule has 0 aliphatic heterocycles. The standard InChI is InChI=1S/C14H22S/c1-5-11(2)13(4)10-15-14-9-7-6-8-12(14)3/h6-9,11,13H,5,10H2,1-4H3. The van der Waals surface area contributed by atoms with Gasteiger partial charge in [0.2, 0.25) is 0 Å². The molecule has 1 aromatic rings. The Morgan fingerprint density at radius 1 is 1.13 bits per heavy atom. The summed E-state index contributed by atoms with van der Waals surface area (Å²) in [6.07, 6.45) is 1.29. The summed E-state index contributed by atoms with van der Waals surface area (Å²) in [4.78, 5) is 1.44. The molecule has 84 valence electrons. The zero-order chi connectivity index (χ0) is 11.3. The maximum atomic E-state index is 2.36. The van der Waals surface area contributed by atoms with Crippen molar-refractivity contribution in [3.05, 3.63) is 29.8 Å². The first-order valence-electron chi connectivity index (χ1n) is 5.83. The van der Waals surface area contributed by atoms with Crippen LogP contribution in [0, 0.1) is 18.8 Å². The molecular weight excluding hydrogens is 200 g/mol. The van der Waals surface area contributed by atoms with Gasteiger partial charge in [0.1, 0.15) is 0 Å². The third-order valence-electron chi connectivity index (χ3n) is 3.21. The average molecular weight is 222 g/mol. The molecule has 0 N–H and O–H groups in total. The van der Waals surface area contributed by atoms with E-state index >= 15 is 0 Å². The molecular formula is C14H22S. The maximum absolute atomic E-state index is 2.36. The summed E-state index contributed by atoms with van der Waals surface area (Å²) in [6.45, 7) is 9.18. The summed E-state index contributed by atoms with van der Waals surface area (Å²) in [5, 5.41) is 0. The van der Waals surface area contributed by atoms with Crippen molar-refractivity contribution < 1.29 is 0 Å². The first-order chi connectivity index (χ1) is 7.15. The van der Waals surface area contributed by atoms with E-state index in [1.54, 1.807) is 0 Å². The number of aryl methyl sites for hydroxylation is 1. The second-order valence-electron chi connectivity index (χ2n) is 4.44. The molecule has 0 spiro atoms. The van der Waals surface area contributed by atoms with Gasteiger partial charge in [0, 0.05) is 10.6 Å². The number of benzene rings is 1. The fraction of sp³-hybridized carbons (Fsp3) is 0.571. The minimum atomic E-state index is 0.805. The molecule has 1 rings (SSSR count). The van der Waals surface area contributed by atoms with Crippen molar-refractivity contribution in [2.75, 3.05) is 5.75 Å². The van der Waals surface area contributed by atoms with E-state index < -0.39 is 0 Å². The van der Waals surface area contributed by atoms with Crippen LogP contribution in [-0.4, -0.2) is 5.75 Å². The Hall–Kier alpha value is -0.430. The smallest absolute Gasteiger partial charge is 0.0101 e. The summed E-state index contributed by atoms with van der Waals surface area (Å²) >= 11 is 2.00. The van der Waals surface area contributed by atoms with Gasteiger partial charge in [-0.1, -0.05) is 45.4 Å². The lowest BCUT2D eigenvalue weighted by atomic mass is 9.96. The summed E-state index contributed by atoms with van der Waals surface area (Å²) in [6, 6.07) is 8.65. The monoisotopic (exact) mass is 222 g/mol. The minimum absolute atomic E-state index is 0.805. The molecule has 0 fully saturated rings. The second-order valence-corrected chi connectivity index (χ2v) is 5.50. The Morgan fingerprint density at radius 3 is 2.40 bits per heavy atom. The molecule has 2 unspecified atom stereocenters. The van der Waals surface area contributed by atoms with E-state index in [0.717, 1.165) is 11.8 Å². The highest BCUT2D eigenvalue weighted by Gasteiger charge is 2.10. The molecule has 1 aromatic carbocycles. The lowest BCUT2D eigenvalue weighted by molar-refractivity contribution is 0.414. The van der Waals surface area contributed by atoms with E-state index in [0.29, 0.717) is 0 Å². The van der Waals surface area contributed by atoms with E-state index in [-0.39, 0.29) is 0 Å². The van der Waals surface area contributed by atoms with Crippen molar-refractivity contribution >= 4 is 11.8 Å². The predicted molar refractivity (Wildman–Crippen MR) is 70.5 cm³/mol. The van der Waals surface area contributed by atoms with Gasteiger partial charge in [-0.15, -0.1) is 11.8 Å². The summed E-state index contributed by atoms with van der Waals surface area (Å²) in [5.74, 6) is 2.88. The lowest BCUT2D eigenvalue weighted by Crippen LogP contribution is -2.09. The van der Waals surface area contributed by atoms with Crippen LogP contribution in [0.2, 0.25) is 0 Å². The zero-order valence-corrected chi connectivity index (χ0v) is 11.1. The second kappa shape index (κ2) is 6.22. The first-order valence-corrected chi connectivity index (χ1v) is 6.82. The molecule has 2 atom stereocenters. The highest BCUT2D eigenvalue weighted by molar-refractivity contribution is 7.99. The maximum Gasteiger partial charge on any atom is 0.0101 e. The molecule has 15 heavy (non-hydrogen) atoms. The summed E-state index contributed by atoms with van der Waals surface area (Å²) < 4.78 is 0. The van der Waals surface area contributed by atoms with E-state index in [4.69, 9.17) is 0 Å². The van der Waals surface area contributed by atoms with Crippen LogP contribution in [0.25, 0.3) is 0 Å². The highest BCUT2D eigenvalue weighted by Crippen LogP contribution is 2.27. The fourth-order valence-electron chi connectivity index (χ4n) is 1.51. The van der Waals surface area contributed by atoms with Crippen molar-refractivity contribution in [1.29, 1.82) is 0 Å². The van der Waals surface area contributed by atoms with Crippen molar-refractivity contribution in [1.82, 2.24) is 0 Å². The van der Waals surface area contributed by atoms with Crippen LogP contribution in [0.1, 0.15) is 32.8 Å². The summed E-state index contributed by atoms with van der Waals surface area (Å²) in [5.41, 5.74) is 1.40.